The van der Waals surface area contributed by atoms with Crippen LogP contribution in [0.5, 0.6) is 11.5 Å². The molecular formula is C19H20FN3O3S. The summed E-state index contributed by atoms with van der Waals surface area (Å²) in [4.78, 5) is 11.9. The quantitative estimate of drug-likeness (QED) is 0.401. The molecule has 0 aliphatic heterocycles. The standard InChI is InChI=1S/C19H20FN3O3S/c1-25-16-9-14(10-17(11-16)26-2)5-8-18(24)22-23-19(27)21-12-13-3-6-15(20)7-4-13/h3-11H,12H2,1-2H3,(H,22,24)(H2,21,23,27)/b8-5+. The average Bonchev–Trinajstić information content (AvgIpc) is 2.69. The highest BCUT2D eigenvalue weighted by Crippen LogP contribution is 2.23. The van der Waals surface area contributed by atoms with Gasteiger partial charge in [-0.05, 0) is 53.7 Å². The molecule has 27 heavy (non-hydrogen) atoms. The van der Waals surface area contributed by atoms with E-state index in [-0.39, 0.29) is 16.8 Å². The Morgan fingerprint density at radius 1 is 1.07 bits per heavy atom. The second kappa shape index (κ2) is 10.1. The third-order valence-corrected chi connectivity index (χ3v) is 3.71. The zero-order valence-corrected chi connectivity index (χ0v) is 15.7. The van der Waals surface area contributed by atoms with Crippen molar-refractivity contribution in [2.24, 2.45) is 0 Å². The average molecular weight is 389 g/mol. The van der Waals surface area contributed by atoms with Crippen molar-refractivity contribution in [3.05, 3.63) is 65.5 Å². The molecule has 0 radical (unpaired) electrons. The van der Waals surface area contributed by atoms with E-state index in [0.717, 1.165) is 11.1 Å². The maximum absolute atomic E-state index is 12.8. The Morgan fingerprint density at radius 2 is 1.70 bits per heavy atom. The van der Waals surface area contributed by atoms with E-state index in [4.69, 9.17) is 21.7 Å². The molecule has 0 bridgehead atoms. The molecule has 0 saturated carbocycles. The molecule has 3 N–H and O–H groups in total. The topological polar surface area (TPSA) is 71.6 Å². The van der Waals surface area contributed by atoms with Crippen molar-refractivity contribution in [1.82, 2.24) is 16.2 Å². The van der Waals surface area contributed by atoms with Crippen molar-refractivity contribution in [1.29, 1.82) is 0 Å². The van der Waals surface area contributed by atoms with Crippen LogP contribution < -0.4 is 25.6 Å². The highest BCUT2D eigenvalue weighted by molar-refractivity contribution is 7.80. The molecule has 2 rings (SSSR count). The lowest BCUT2D eigenvalue weighted by atomic mass is 10.2. The summed E-state index contributed by atoms with van der Waals surface area (Å²) in [6.45, 7) is 0.404. The molecule has 1 amide bonds. The minimum absolute atomic E-state index is 0.240. The second-order valence-corrected chi connectivity index (χ2v) is 5.81. The molecule has 0 atom stereocenters. The highest BCUT2D eigenvalue weighted by Gasteiger charge is 2.02. The largest absolute Gasteiger partial charge is 0.497 e. The number of thiocarbonyl (C=S) groups is 1. The van der Waals surface area contributed by atoms with Crippen molar-refractivity contribution in [3.63, 3.8) is 0 Å². The van der Waals surface area contributed by atoms with Crippen LogP contribution in [-0.2, 0) is 11.3 Å². The molecule has 6 nitrogen and oxygen atoms in total. The van der Waals surface area contributed by atoms with Crippen LogP contribution in [0.3, 0.4) is 0 Å². The minimum Gasteiger partial charge on any atom is -0.497 e. The molecule has 142 valence electrons. The smallest absolute Gasteiger partial charge is 0.262 e. The van der Waals surface area contributed by atoms with Gasteiger partial charge in [0.1, 0.15) is 17.3 Å². The van der Waals surface area contributed by atoms with Gasteiger partial charge in [0.05, 0.1) is 14.2 Å². The zero-order valence-electron chi connectivity index (χ0n) is 14.9. The van der Waals surface area contributed by atoms with E-state index in [2.05, 4.69) is 16.2 Å². The number of carbonyl (C=O) groups excluding carboxylic acids is 1. The van der Waals surface area contributed by atoms with Crippen molar-refractivity contribution in [2.75, 3.05) is 14.2 Å². The number of hydrogen-bond donors (Lipinski definition) is 3. The van der Waals surface area contributed by atoms with Crippen LogP contribution in [0.1, 0.15) is 11.1 Å². The van der Waals surface area contributed by atoms with E-state index in [1.54, 1.807) is 50.6 Å². The normalized spacial score (nSPS) is 10.3. The van der Waals surface area contributed by atoms with Crippen LogP contribution in [0.2, 0.25) is 0 Å². The molecular weight excluding hydrogens is 369 g/mol. The summed E-state index contributed by atoms with van der Waals surface area (Å²) in [5.41, 5.74) is 6.65. The van der Waals surface area contributed by atoms with E-state index in [9.17, 15) is 9.18 Å². The fourth-order valence-electron chi connectivity index (χ4n) is 2.09. The van der Waals surface area contributed by atoms with Crippen molar-refractivity contribution in [2.45, 2.75) is 6.54 Å². The van der Waals surface area contributed by atoms with Gasteiger partial charge in [0.15, 0.2) is 5.11 Å². The summed E-state index contributed by atoms with van der Waals surface area (Å²) in [7, 11) is 3.11. The summed E-state index contributed by atoms with van der Waals surface area (Å²) in [6.07, 6.45) is 2.97. The van der Waals surface area contributed by atoms with Gasteiger partial charge in [0, 0.05) is 18.7 Å². The fourth-order valence-corrected chi connectivity index (χ4v) is 2.21. The first-order valence-electron chi connectivity index (χ1n) is 7.99. The Kier molecular flexibility index (Phi) is 7.57. The van der Waals surface area contributed by atoms with Gasteiger partial charge in [0.2, 0.25) is 0 Å². The summed E-state index contributed by atoms with van der Waals surface area (Å²) in [6, 6.07) is 11.3. The van der Waals surface area contributed by atoms with Crippen LogP contribution in [0.15, 0.2) is 48.5 Å². The Hall–Kier alpha value is -3.13. The van der Waals surface area contributed by atoms with Crippen molar-refractivity contribution >= 4 is 29.3 Å². The van der Waals surface area contributed by atoms with Gasteiger partial charge in [-0.2, -0.15) is 0 Å². The molecule has 0 fully saturated rings. The van der Waals surface area contributed by atoms with Gasteiger partial charge in [-0.25, -0.2) is 4.39 Å². The summed E-state index contributed by atoms with van der Waals surface area (Å²) in [5, 5.41) is 3.14. The Balaban J connectivity index is 1.80. The number of carbonyl (C=O) groups is 1. The molecule has 0 aromatic heterocycles. The van der Waals surface area contributed by atoms with Crippen LogP contribution in [0.25, 0.3) is 6.08 Å². The molecule has 0 heterocycles. The summed E-state index contributed by atoms with van der Waals surface area (Å²) in [5.74, 6) is 0.562. The zero-order chi connectivity index (χ0) is 19.6. The van der Waals surface area contributed by atoms with Crippen molar-refractivity contribution < 1.29 is 18.7 Å². The number of hydrazine groups is 1. The number of benzene rings is 2. The predicted molar refractivity (Wildman–Crippen MR) is 106 cm³/mol. The van der Waals surface area contributed by atoms with Gasteiger partial charge in [-0.3, -0.25) is 15.6 Å². The summed E-state index contributed by atoms with van der Waals surface area (Å²) >= 11 is 5.07. The number of nitrogens with one attached hydrogen (secondary N) is 3. The molecule has 0 spiro atoms. The van der Waals surface area contributed by atoms with E-state index in [0.29, 0.717) is 18.0 Å². The second-order valence-electron chi connectivity index (χ2n) is 5.40. The third kappa shape index (κ3) is 6.95. The fraction of sp³-hybridized carbons (Fsp3) is 0.158. The molecule has 0 saturated heterocycles. The van der Waals surface area contributed by atoms with Crippen molar-refractivity contribution in [3.8, 4) is 11.5 Å². The molecule has 8 heteroatoms. The van der Waals surface area contributed by atoms with E-state index >= 15 is 0 Å². The number of amides is 1. The Morgan fingerprint density at radius 3 is 2.30 bits per heavy atom. The lowest BCUT2D eigenvalue weighted by molar-refractivity contribution is -0.116. The van der Waals surface area contributed by atoms with Crippen LogP contribution in [-0.4, -0.2) is 25.2 Å². The predicted octanol–water partition coefficient (Wildman–Crippen LogP) is 2.55. The number of methoxy groups -OCH3 is 2. The Bertz CT molecular complexity index is 803. The van der Waals surface area contributed by atoms with Gasteiger partial charge < -0.3 is 14.8 Å². The first kappa shape index (κ1) is 20.2. The number of hydrogen-bond acceptors (Lipinski definition) is 4. The first-order chi connectivity index (χ1) is 13.0. The van der Waals surface area contributed by atoms with E-state index in [1.165, 1.54) is 18.2 Å². The number of ether oxygens (including phenoxy) is 2. The lowest BCUT2D eigenvalue weighted by Crippen LogP contribution is -2.45. The molecule has 0 aliphatic rings. The molecule has 2 aromatic rings. The van der Waals surface area contributed by atoms with Gasteiger partial charge in [-0.15, -0.1) is 0 Å². The Labute approximate surface area is 162 Å². The maximum atomic E-state index is 12.8. The lowest BCUT2D eigenvalue weighted by Gasteiger charge is -2.10. The van der Waals surface area contributed by atoms with Gasteiger partial charge in [0.25, 0.3) is 5.91 Å². The van der Waals surface area contributed by atoms with Crippen LogP contribution >= 0.6 is 12.2 Å². The first-order valence-corrected chi connectivity index (χ1v) is 8.40. The van der Waals surface area contributed by atoms with Gasteiger partial charge in [-0.1, -0.05) is 12.1 Å². The van der Waals surface area contributed by atoms with Gasteiger partial charge >= 0.3 is 0 Å². The van der Waals surface area contributed by atoms with E-state index < -0.39 is 0 Å². The minimum atomic E-state index is -0.386. The van der Waals surface area contributed by atoms with Crippen LogP contribution in [0, 0.1) is 5.82 Å². The molecule has 2 aromatic carbocycles. The summed E-state index contributed by atoms with van der Waals surface area (Å²) < 4.78 is 23.2. The molecule has 0 aliphatic carbocycles. The SMILES string of the molecule is COc1cc(/C=C/C(=O)NNC(=S)NCc2ccc(F)cc2)cc(OC)c1. The third-order valence-electron chi connectivity index (χ3n) is 3.47. The molecule has 0 unspecified atom stereocenters. The van der Waals surface area contributed by atoms with Crippen LogP contribution in [0.4, 0.5) is 4.39 Å². The van der Waals surface area contributed by atoms with E-state index in [1.807, 2.05) is 0 Å². The monoisotopic (exact) mass is 389 g/mol. The number of rotatable bonds is 6. The number of halogens is 1. The maximum Gasteiger partial charge on any atom is 0.262 e. The highest BCUT2D eigenvalue weighted by atomic mass is 32.1.